The molecule has 0 radical (unpaired) electrons. The van der Waals surface area contributed by atoms with Crippen molar-refractivity contribution in [2.75, 3.05) is 19.0 Å². The summed E-state index contributed by atoms with van der Waals surface area (Å²) in [5.41, 5.74) is 0. The standard InChI is InChI=1S/C11H20N4O2/c1-8(5-6-16-2)13-11-15-14-10(17-11)7-12-9-3-4-9/h8-9,12H,3-7H2,1-2H3,(H,13,15). The Hall–Kier alpha value is -1.14. The molecule has 1 unspecified atom stereocenters. The quantitative estimate of drug-likeness (QED) is 0.710. The first-order chi connectivity index (χ1) is 8.28. The smallest absolute Gasteiger partial charge is 0.315 e. The molecular formula is C11H20N4O2. The molecule has 2 rings (SSSR count). The zero-order valence-corrected chi connectivity index (χ0v) is 10.4. The van der Waals surface area contributed by atoms with Gasteiger partial charge in [0.25, 0.3) is 0 Å². The van der Waals surface area contributed by atoms with E-state index in [1.54, 1.807) is 7.11 Å². The fraction of sp³-hybridized carbons (Fsp3) is 0.818. The minimum absolute atomic E-state index is 0.264. The number of hydrogen-bond acceptors (Lipinski definition) is 6. The van der Waals surface area contributed by atoms with Gasteiger partial charge in [-0.05, 0) is 26.2 Å². The van der Waals surface area contributed by atoms with E-state index in [1.807, 2.05) is 0 Å². The van der Waals surface area contributed by atoms with Crippen LogP contribution in [0, 0.1) is 0 Å². The average Bonchev–Trinajstić information content (AvgIpc) is 3.05. The van der Waals surface area contributed by atoms with E-state index in [4.69, 9.17) is 9.15 Å². The fourth-order valence-electron chi connectivity index (χ4n) is 1.48. The van der Waals surface area contributed by atoms with E-state index in [0.717, 1.165) is 13.0 Å². The van der Waals surface area contributed by atoms with Crippen molar-refractivity contribution in [3.05, 3.63) is 5.89 Å². The monoisotopic (exact) mass is 240 g/mol. The number of nitrogens with one attached hydrogen (secondary N) is 2. The van der Waals surface area contributed by atoms with Crippen molar-refractivity contribution in [3.8, 4) is 0 Å². The van der Waals surface area contributed by atoms with Crippen LogP contribution in [0.4, 0.5) is 6.01 Å². The highest BCUT2D eigenvalue weighted by Crippen LogP contribution is 2.19. The van der Waals surface area contributed by atoms with Crippen molar-refractivity contribution in [2.24, 2.45) is 0 Å². The minimum Gasteiger partial charge on any atom is -0.407 e. The number of ether oxygens (including phenoxy) is 1. The first-order valence-electron chi connectivity index (χ1n) is 6.09. The molecule has 0 bridgehead atoms. The summed E-state index contributed by atoms with van der Waals surface area (Å²) in [6, 6.07) is 1.40. The molecule has 2 N–H and O–H groups in total. The zero-order chi connectivity index (χ0) is 12.1. The van der Waals surface area contributed by atoms with E-state index in [1.165, 1.54) is 12.8 Å². The Morgan fingerprint density at radius 1 is 1.47 bits per heavy atom. The summed E-state index contributed by atoms with van der Waals surface area (Å²) in [4.78, 5) is 0. The van der Waals surface area contributed by atoms with Crippen molar-refractivity contribution in [1.82, 2.24) is 15.5 Å². The molecule has 0 aliphatic heterocycles. The number of hydrogen-bond donors (Lipinski definition) is 2. The van der Waals surface area contributed by atoms with Crippen molar-refractivity contribution in [1.29, 1.82) is 0 Å². The molecule has 0 amide bonds. The Balaban J connectivity index is 1.72. The van der Waals surface area contributed by atoms with Crippen molar-refractivity contribution < 1.29 is 9.15 Å². The van der Waals surface area contributed by atoms with E-state index in [9.17, 15) is 0 Å². The Kier molecular flexibility index (Phi) is 4.33. The molecule has 0 saturated heterocycles. The molecule has 1 atom stereocenters. The van der Waals surface area contributed by atoms with Gasteiger partial charge in [0.05, 0.1) is 6.54 Å². The third-order valence-electron chi connectivity index (χ3n) is 2.71. The van der Waals surface area contributed by atoms with Gasteiger partial charge < -0.3 is 19.8 Å². The molecule has 1 heterocycles. The van der Waals surface area contributed by atoms with E-state index >= 15 is 0 Å². The maximum Gasteiger partial charge on any atom is 0.315 e. The Morgan fingerprint density at radius 2 is 2.29 bits per heavy atom. The van der Waals surface area contributed by atoms with Gasteiger partial charge in [0.15, 0.2) is 0 Å². The molecule has 1 fully saturated rings. The summed E-state index contributed by atoms with van der Waals surface area (Å²) in [7, 11) is 1.70. The number of aromatic nitrogens is 2. The molecular weight excluding hydrogens is 220 g/mol. The summed E-state index contributed by atoms with van der Waals surface area (Å²) in [6.45, 7) is 3.44. The van der Waals surface area contributed by atoms with Crippen LogP contribution >= 0.6 is 0 Å². The first-order valence-corrected chi connectivity index (χ1v) is 6.09. The SMILES string of the molecule is COCCC(C)Nc1nnc(CNC2CC2)o1. The molecule has 0 aromatic carbocycles. The highest BCUT2D eigenvalue weighted by molar-refractivity contribution is 5.18. The van der Waals surface area contributed by atoms with Crippen LogP contribution in [0.15, 0.2) is 4.42 Å². The molecule has 1 aliphatic carbocycles. The molecule has 1 aromatic heterocycles. The van der Waals surface area contributed by atoms with Crippen LogP contribution < -0.4 is 10.6 Å². The molecule has 6 nitrogen and oxygen atoms in total. The number of methoxy groups -OCH3 is 1. The van der Waals surface area contributed by atoms with Gasteiger partial charge in [0, 0.05) is 25.8 Å². The van der Waals surface area contributed by atoms with Gasteiger partial charge in [-0.2, -0.15) is 0 Å². The van der Waals surface area contributed by atoms with Gasteiger partial charge in [-0.15, -0.1) is 5.10 Å². The lowest BCUT2D eigenvalue weighted by atomic mass is 10.2. The van der Waals surface area contributed by atoms with Gasteiger partial charge >= 0.3 is 6.01 Å². The molecule has 1 aromatic rings. The van der Waals surface area contributed by atoms with Gasteiger partial charge in [-0.3, -0.25) is 0 Å². The van der Waals surface area contributed by atoms with Crippen LogP contribution in [0.5, 0.6) is 0 Å². The summed E-state index contributed by atoms with van der Waals surface area (Å²) in [5.74, 6) is 0.637. The van der Waals surface area contributed by atoms with Crippen LogP contribution in [0.25, 0.3) is 0 Å². The Labute approximate surface area is 101 Å². The number of rotatable bonds is 8. The number of anilines is 1. The van der Waals surface area contributed by atoms with Gasteiger partial charge in [-0.25, -0.2) is 0 Å². The molecule has 0 spiro atoms. The van der Waals surface area contributed by atoms with Crippen LogP contribution in [0.3, 0.4) is 0 Å². The second-order valence-corrected chi connectivity index (χ2v) is 4.48. The Morgan fingerprint density at radius 3 is 3.00 bits per heavy atom. The van der Waals surface area contributed by atoms with Crippen molar-refractivity contribution >= 4 is 6.01 Å². The van der Waals surface area contributed by atoms with Crippen LogP contribution in [0.1, 0.15) is 32.1 Å². The maximum absolute atomic E-state index is 5.48. The second-order valence-electron chi connectivity index (χ2n) is 4.48. The lowest BCUT2D eigenvalue weighted by Gasteiger charge is -2.10. The highest BCUT2D eigenvalue weighted by Gasteiger charge is 2.21. The van der Waals surface area contributed by atoms with Crippen LogP contribution in [-0.4, -0.2) is 36.0 Å². The van der Waals surface area contributed by atoms with E-state index < -0.39 is 0 Å². The fourth-order valence-corrected chi connectivity index (χ4v) is 1.48. The minimum atomic E-state index is 0.264. The second kappa shape index (κ2) is 5.97. The third-order valence-corrected chi connectivity index (χ3v) is 2.71. The molecule has 96 valence electrons. The zero-order valence-electron chi connectivity index (χ0n) is 10.4. The van der Waals surface area contributed by atoms with E-state index in [-0.39, 0.29) is 6.04 Å². The highest BCUT2D eigenvalue weighted by atomic mass is 16.5. The number of nitrogens with zero attached hydrogens (tertiary/aromatic N) is 2. The first kappa shape index (κ1) is 12.3. The van der Waals surface area contributed by atoms with E-state index in [2.05, 4.69) is 27.8 Å². The van der Waals surface area contributed by atoms with E-state index in [0.29, 0.717) is 24.5 Å². The summed E-state index contributed by atoms with van der Waals surface area (Å²) < 4.78 is 10.5. The predicted molar refractivity (Wildman–Crippen MR) is 63.7 cm³/mol. The molecule has 1 aliphatic rings. The summed E-state index contributed by atoms with van der Waals surface area (Å²) in [6.07, 6.45) is 3.43. The molecule has 6 heteroatoms. The topological polar surface area (TPSA) is 72.2 Å². The average molecular weight is 240 g/mol. The lowest BCUT2D eigenvalue weighted by molar-refractivity contribution is 0.191. The van der Waals surface area contributed by atoms with Crippen LogP contribution in [0.2, 0.25) is 0 Å². The van der Waals surface area contributed by atoms with Crippen molar-refractivity contribution in [2.45, 2.75) is 44.8 Å². The largest absolute Gasteiger partial charge is 0.407 e. The summed E-state index contributed by atoms with van der Waals surface area (Å²) >= 11 is 0. The summed E-state index contributed by atoms with van der Waals surface area (Å²) in [5, 5.41) is 14.4. The van der Waals surface area contributed by atoms with Crippen molar-refractivity contribution in [3.63, 3.8) is 0 Å². The third kappa shape index (κ3) is 4.32. The maximum atomic E-state index is 5.48. The normalized spacial score (nSPS) is 17.1. The predicted octanol–water partition coefficient (Wildman–Crippen LogP) is 1.16. The molecule has 17 heavy (non-hydrogen) atoms. The van der Waals surface area contributed by atoms with Crippen LogP contribution in [-0.2, 0) is 11.3 Å². The van der Waals surface area contributed by atoms with Gasteiger partial charge in [0.2, 0.25) is 5.89 Å². The lowest BCUT2D eigenvalue weighted by Crippen LogP contribution is -2.17. The van der Waals surface area contributed by atoms with Gasteiger partial charge in [0.1, 0.15) is 0 Å². The van der Waals surface area contributed by atoms with Gasteiger partial charge in [-0.1, -0.05) is 5.10 Å². The molecule has 1 saturated carbocycles. The Bertz CT molecular complexity index is 338.